The molecule has 122 valence electrons. The lowest BCUT2D eigenvalue weighted by atomic mass is 9.96. The first-order valence-electron chi connectivity index (χ1n) is 7.92. The Labute approximate surface area is 141 Å². The third-order valence-electron chi connectivity index (χ3n) is 4.16. The van der Waals surface area contributed by atoms with Crippen LogP contribution in [0.25, 0.3) is 11.1 Å². The van der Waals surface area contributed by atoms with Crippen molar-refractivity contribution in [3.8, 4) is 11.1 Å². The van der Waals surface area contributed by atoms with Crippen molar-refractivity contribution in [2.45, 2.75) is 19.8 Å². The molecule has 1 aliphatic rings. The van der Waals surface area contributed by atoms with Gasteiger partial charge in [0.05, 0.1) is 12.5 Å². The Morgan fingerprint density at radius 1 is 1.04 bits per heavy atom. The summed E-state index contributed by atoms with van der Waals surface area (Å²) in [4.78, 5) is 30.1. The molecule has 0 aliphatic heterocycles. The average molecular weight is 321 g/mol. The molecule has 1 aliphatic carbocycles. The molecule has 0 N–H and O–H groups in total. The molecule has 1 amide bonds. The Balaban J connectivity index is 2.00. The number of hydrogen-bond acceptors (Lipinski definition) is 3. The Morgan fingerprint density at radius 3 is 2.00 bits per heavy atom. The van der Waals surface area contributed by atoms with Gasteiger partial charge in [-0.25, -0.2) is 4.79 Å². The minimum Gasteiger partial charge on any atom is -0.333 e. The van der Waals surface area contributed by atoms with Crippen molar-refractivity contribution in [3.63, 3.8) is 0 Å². The van der Waals surface area contributed by atoms with Crippen LogP contribution in [0.3, 0.4) is 0 Å². The van der Waals surface area contributed by atoms with Crippen molar-refractivity contribution < 1.29 is 14.4 Å². The summed E-state index contributed by atoms with van der Waals surface area (Å²) in [5.74, 6) is -1.30. The molecule has 0 spiro atoms. The smallest absolute Gasteiger partial charge is 0.333 e. The van der Waals surface area contributed by atoms with Crippen molar-refractivity contribution in [3.05, 3.63) is 71.8 Å². The molecular formula is C20H19NO3. The number of benzene rings is 2. The van der Waals surface area contributed by atoms with Crippen LogP contribution in [0.5, 0.6) is 0 Å². The van der Waals surface area contributed by atoms with Crippen molar-refractivity contribution in [2.24, 2.45) is 0 Å². The third kappa shape index (κ3) is 2.60. The minimum atomic E-state index is -0.593. The Hall–Kier alpha value is -2.88. The number of amides is 1. The van der Waals surface area contributed by atoms with Crippen LogP contribution in [-0.2, 0) is 14.4 Å². The maximum absolute atomic E-state index is 13.1. The minimum absolute atomic E-state index is 0.246. The number of hydroxylamine groups is 2. The van der Waals surface area contributed by atoms with E-state index in [2.05, 4.69) is 6.58 Å². The van der Waals surface area contributed by atoms with Crippen LogP contribution < -0.4 is 0 Å². The number of hydrogen-bond donors (Lipinski definition) is 0. The Bertz CT molecular complexity index is 780. The SMILES string of the molecule is C=C(C)C(=O)ON(CC)C(=O)C1c2ccccc2-c2ccccc21. The van der Waals surface area contributed by atoms with Crippen molar-refractivity contribution in [1.82, 2.24) is 5.06 Å². The lowest BCUT2D eigenvalue weighted by Gasteiger charge is -2.23. The molecule has 0 saturated heterocycles. The van der Waals surface area contributed by atoms with Gasteiger partial charge in [-0.15, -0.1) is 0 Å². The summed E-state index contributed by atoms with van der Waals surface area (Å²) in [5, 5.41) is 1.13. The topological polar surface area (TPSA) is 46.6 Å². The first kappa shape index (κ1) is 16.0. The van der Waals surface area contributed by atoms with Gasteiger partial charge >= 0.3 is 5.97 Å². The van der Waals surface area contributed by atoms with Crippen molar-refractivity contribution >= 4 is 11.9 Å². The van der Waals surface area contributed by atoms with E-state index in [0.717, 1.165) is 27.3 Å². The number of likely N-dealkylation sites (N-methyl/N-ethyl adjacent to an activating group) is 1. The van der Waals surface area contributed by atoms with E-state index in [9.17, 15) is 9.59 Å². The molecule has 0 unspecified atom stereocenters. The zero-order valence-corrected chi connectivity index (χ0v) is 13.8. The molecule has 2 aromatic carbocycles. The maximum Gasteiger partial charge on any atom is 0.358 e. The number of carbonyl (C=O) groups is 2. The van der Waals surface area contributed by atoms with Crippen LogP contribution in [0.15, 0.2) is 60.7 Å². The summed E-state index contributed by atoms with van der Waals surface area (Å²) >= 11 is 0. The molecule has 0 heterocycles. The monoisotopic (exact) mass is 321 g/mol. The fourth-order valence-electron chi connectivity index (χ4n) is 3.01. The van der Waals surface area contributed by atoms with Gasteiger partial charge < -0.3 is 4.84 Å². The van der Waals surface area contributed by atoms with Gasteiger partial charge in [0.15, 0.2) is 0 Å². The normalized spacial score (nSPS) is 12.2. The summed E-state index contributed by atoms with van der Waals surface area (Å²) in [6, 6.07) is 15.7. The van der Waals surface area contributed by atoms with Gasteiger partial charge in [-0.1, -0.05) is 55.1 Å². The largest absolute Gasteiger partial charge is 0.358 e. The Kier molecular flexibility index (Phi) is 4.21. The molecule has 0 bridgehead atoms. The molecule has 24 heavy (non-hydrogen) atoms. The average Bonchev–Trinajstić information content (AvgIpc) is 2.93. The van der Waals surface area contributed by atoms with Gasteiger partial charge in [-0.2, -0.15) is 5.06 Å². The quantitative estimate of drug-likeness (QED) is 0.640. The number of carbonyl (C=O) groups excluding carboxylic acids is 2. The number of fused-ring (bicyclic) bond motifs is 3. The Morgan fingerprint density at radius 2 is 1.54 bits per heavy atom. The molecule has 0 atom stereocenters. The van der Waals surface area contributed by atoms with Crippen LogP contribution in [0.1, 0.15) is 30.9 Å². The summed E-state index contributed by atoms with van der Waals surface area (Å²) in [6.07, 6.45) is 0. The van der Waals surface area contributed by atoms with E-state index in [-0.39, 0.29) is 18.0 Å². The lowest BCUT2D eigenvalue weighted by Crippen LogP contribution is -2.37. The summed E-state index contributed by atoms with van der Waals surface area (Å²) in [7, 11) is 0. The molecule has 4 heteroatoms. The fraction of sp³-hybridized carbons (Fsp3) is 0.200. The van der Waals surface area contributed by atoms with Gasteiger partial charge in [0, 0.05) is 5.57 Å². The zero-order valence-electron chi connectivity index (χ0n) is 13.8. The third-order valence-corrected chi connectivity index (χ3v) is 4.16. The molecule has 0 fully saturated rings. The van der Waals surface area contributed by atoms with E-state index in [1.165, 1.54) is 0 Å². The highest BCUT2D eigenvalue weighted by molar-refractivity contribution is 5.97. The van der Waals surface area contributed by atoms with Crippen LogP contribution in [0.2, 0.25) is 0 Å². The number of nitrogens with zero attached hydrogens (tertiary/aromatic N) is 1. The van der Waals surface area contributed by atoms with Gasteiger partial charge in [0.1, 0.15) is 0 Å². The lowest BCUT2D eigenvalue weighted by molar-refractivity contribution is -0.194. The highest BCUT2D eigenvalue weighted by atomic mass is 16.7. The van der Waals surface area contributed by atoms with Gasteiger partial charge in [0.25, 0.3) is 5.91 Å². The van der Waals surface area contributed by atoms with E-state index < -0.39 is 11.9 Å². The first-order chi connectivity index (χ1) is 11.5. The second-order valence-electron chi connectivity index (χ2n) is 5.80. The molecule has 0 saturated carbocycles. The van der Waals surface area contributed by atoms with Crippen molar-refractivity contribution in [1.29, 1.82) is 0 Å². The summed E-state index contributed by atoms with van der Waals surface area (Å²) < 4.78 is 0. The summed E-state index contributed by atoms with van der Waals surface area (Å²) in [5.41, 5.74) is 4.23. The molecule has 3 rings (SSSR count). The van der Waals surface area contributed by atoms with Crippen LogP contribution in [0.4, 0.5) is 0 Å². The fourth-order valence-corrected chi connectivity index (χ4v) is 3.01. The summed E-state index contributed by atoms with van der Waals surface area (Å²) in [6.45, 7) is 7.17. The van der Waals surface area contributed by atoms with Crippen molar-refractivity contribution in [2.75, 3.05) is 6.54 Å². The van der Waals surface area contributed by atoms with Gasteiger partial charge in [-0.3, -0.25) is 4.79 Å². The zero-order chi connectivity index (χ0) is 17.3. The first-order valence-corrected chi connectivity index (χ1v) is 7.92. The highest BCUT2D eigenvalue weighted by Gasteiger charge is 2.36. The second-order valence-corrected chi connectivity index (χ2v) is 5.80. The maximum atomic E-state index is 13.1. The molecule has 2 aromatic rings. The predicted molar refractivity (Wildman–Crippen MR) is 92.0 cm³/mol. The predicted octanol–water partition coefficient (Wildman–Crippen LogP) is 3.68. The van der Waals surface area contributed by atoms with E-state index in [4.69, 9.17) is 4.84 Å². The van der Waals surface area contributed by atoms with Gasteiger partial charge in [0.2, 0.25) is 0 Å². The molecule has 0 radical (unpaired) electrons. The van der Waals surface area contributed by atoms with E-state index >= 15 is 0 Å². The van der Waals surface area contributed by atoms with Crippen LogP contribution in [-0.4, -0.2) is 23.5 Å². The van der Waals surface area contributed by atoms with Gasteiger partial charge in [-0.05, 0) is 36.1 Å². The van der Waals surface area contributed by atoms with E-state index in [1.807, 2.05) is 48.5 Å². The molecule has 4 nitrogen and oxygen atoms in total. The van der Waals surface area contributed by atoms with E-state index in [0.29, 0.717) is 0 Å². The highest BCUT2D eigenvalue weighted by Crippen LogP contribution is 2.45. The van der Waals surface area contributed by atoms with Crippen LogP contribution >= 0.6 is 0 Å². The molecular weight excluding hydrogens is 302 g/mol. The molecule has 0 aromatic heterocycles. The standard InChI is InChI=1S/C20H19NO3/c1-4-21(24-20(23)13(2)3)19(22)18-16-11-7-5-9-14(16)15-10-6-8-12-17(15)18/h5-12,18H,2,4H2,1,3H3. The van der Waals surface area contributed by atoms with Crippen LogP contribution in [0, 0.1) is 0 Å². The van der Waals surface area contributed by atoms with E-state index in [1.54, 1.807) is 13.8 Å². The number of rotatable bonds is 3. The second kappa shape index (κ2) is 6.32.